The predicted molar refractivity (Wildman–Crippen MR) is 113 cm³/mol. The Balaban J connectivity index is 1.89. The Morgan fingerprint density at radius 1 is 1.11 bits per heavy atom. The van der Waals surface area contributed by atoms with Crippen LogP contribution in [-0.2, 0) is 16.0 Å². The topological polar surface area (TPSA) is 64.6 Å². The minimum atomic E-state index is -0.688. The molecule has 5 nitrogen and oxygen atoms in total. The van der Waals surface area contributed by atoms with E-state index in [4.69, 9.17) is 21.1 Å². The fourth-order valence-corrected chi connectivity index (χ4v) is 3.09. The maximum absolute atomic E-state index is 12.5. The van der Waals surface area contributed by atoms with E-state index < -0.39 is 12.0 Å². The predicted octanol–water partition coefficient (Wildman–Crippen LogP) is 3.99. The number of hydrogen-bond acceptors (Lipinski definition) is 5. The second kappa shape index (κ2) is 11.6. The first-order chi connectivity index (χ1) is 13.5. The summed E-state index contributed by atoms with van der Waals surface area (Å²) in [7, 11) is 1.61. The fraction of sp³-hybridized carbons (Fsp3) is 0.333. The highest BCUT2D eigenvalue weighted by atomic mass is 35.5. The monoisotopic (exact) mass is 421 g/mol. The molecule has 0 saturated heterocycles. The van der Waals surface area contributed by atoms with Crippen LogP contribution in [0, 0.1) is 0 Å². The number of rotatable bonds is 10. The van der Waals surface area contributed by atoms with Gasteiger partial charge in [-0.2, -0.15) is 11.8 Å². The molecule has 0 saturated carbocycles. The van der Waals surface area contributed by atoms with Crippen molar-refractivity contribution in [3.8, 4) is 5.75 Å². The van der Waals surface area contributed by atoms with Crippen LogP contribution in [0.5, 0.6) is 5.75 Å². The van der Waals surface area contributed by atoms with E-state index in [1.807, 2.05) is 30.5 Å². The van der Waals surface area contributed by atoms with Crippen molar-refractivity contribution < 1.29 is 19.1 Å². The maximum atomic E-state index is 12.5. The molecule has 2 aromatic carbocycles. The van der Waals surface area contributed by atoms with E-state index in [0.717, 1.165) is 17.1 Å². The summed E-state index contributed by atoms with van der Waals surface area (Å²) in [5, 5.41) is 3.31. The van der Waals surface area contributed by atoms with E-state index in [1.165, 1.54) is 0 Å². The molecule has 0 bridgehead atoms. The van der Waals surface area contributed by atoms with Crippen LogP contribution in [0.3, 0.4) is 0 Å². The third-order valence-electron chi connectivity index (χ3n) is 4.10. The average molecular weight is 422 g/mol. The Kier molecular flexibility index (Phi) is 9.17. The van der Waals surface area contributed by atoms with Gasteiger partial charge in [-0.15, -0.1) is 0 Å². The van der Waals surface area contributed by atoms with Gasteiger partial charge in [0, 0.05) is 17.0 Å². The molecule has 0 spiro atoms. The Hall–Kier alpha value is -2.18. The van der Waals surface area contributed by atoms with Gasteiger partial charge in [-0.05, 0) is 60.4 Å². The van der Waals surface area contributed by atoms with Crippen molar-refractivity contribution in [2.24, 2.45) is 0 Å². The highest BCUT2D eigenvalue weighted by Crippen LogP contribution is 2.13. The lowest BCUT2D eigenvalue weighted by Gasteiger charge is -2.17. The van der Waals surface area contributed by atoms with Crippen LogP contribution in [0.1, 0.15) is 22.3 Å². The molecule has 1 atom stereocenters. The Labute approximate surface area is 174 Å². The maximum Gasteiger partial charge on any atom is 0.328 e. The molecule has 0 radical (unpaired) electrons. The number of carbonyl (C=O) groups excluding carboxylic acids is 2. The van der Waals surface area contributed by atoms with Gasteiger partial charge in [0.15, 0.2) is 0 Å². The number of hydrogen-bond donors (Lipinski definition) is 1. The summed E-state index contributed by atoms with van der Waals surface area (Å²) in [5.74, 6) is 0.765. The van der Waals surface area contributed by atoms with Gasteiger partial charge in [0.1, 0.15) is 11.8 Å². The molecule has 0 aromatic heterocycles. The van der Waals surface area contributed by atoms with Gasteiger partial charge in [-0.1, -0.05) is 23.7 Å². The van der Waals surface area contributed by atoms with Crippen molar-refractivity contribution in [2.75, 3.05) is 25.7 Å². The van der Waals surface area contributed by atoms with Gasteiger partial charge in [0.2, 0.25) is 0 Å². The molecule has 7 heteroatoms. The molecule has 2 aromatic rings. The van der Waals surface area contributed by atoms with Gasteiger partial charge in [-0.25, -0.2) is 4.79 Å². The molecule has 0 aliphatic carbocycles. The lowest BCUT2D eigenvalue weighted by atomic mass is 10.1. The third kappa shape index (κ3) is 7.09. The number of amides is 1. The average Bonchev–Trinajstić information content (AvgIpc) is 2.71. The third-order valence-corrected chi connectivity index (χ3v) is 5.00. The number of ether oxygens (including phenoxy) is 2. The molecule has 0 aliphatic heterocycles. The van der Waals surface area contributed by atoms with Crippen LogP contribution in [0.25, 0.3) is 0 Å². The highest BCUT2D eigenvalue weighted by molar-refractivity contribution is 7.98. The largest absolute Gasteiger partial charge is 0.497 e. The molecule has 0 fully saturated rings. The van der Waals surface area contributed by atoms with E-state index in [0.29, 0.717) is 23.4 Å². The van der Waals surface area contributed by atoms with Crippen LogP contribution in [-0.4, -0.2) is 43.6 Å². The van der Waals surface area contributed by atoms with Gasteiger partial charge in [0.25, 0.3) is 5.91 Å². The van der Waals surface area contributed by atoms with Gasteiger partial charge < -0.3 is 14.8 Å². The number of thioether (sulfide) groups is 1. The molecule has 1 N–H and O–H groups in total. The zero-order valence-corrected chi connectivity index (χ0v) is 17.5. The first-order valence-electron chi connectivity index (χ1n) is 8.88. The molecule has 0 heterocycles. The number of carbonyl (C=O) groups is 2. The molecular formula is C21H24ClNO4S. The van der Waals surface area contributed by atoms with Crippen molar-refractivity contribution in [1.82, 2.24) is 5.32 Å². The summed E-state index contributed by atoms with van der Waals surface area (Å²) in [6, 6.07) is 13.4. The number of esters is 1. The van der Waals surface area contributed by atoms with Crippen LogP contribution >= 0.6 is 23.4 Å². The standard InChI is InChI=1S/C21H24ClNO4S/c1-26-18-9-3-15(4-10-18)11-13-27-21(25)19(12-14-28-2)23-20(24)16-5-7-17(22)8-6-16/h3-10,19H,11-14H2,1-2H3,(H,23,24)/t19-/m1/s1. The zero-order valence-electron chi connectivity index (χ0n) is 15.9. The minimum absolute atomic E-state index is 0.248. The molecule has 1 amide bonds. The first kappa shape index (κ1) is 22.1. The van der Waals surface area contributed by atoms with Gasteiger partial charge in [-0.3, -0.25) is 4.79 Å². The number of halogens is 1. The second-order valence-electron chi connectivity index (χ2n) is 6.08. The molecule has 0 aliphatic rings. The lowest BCUT2D eigenvalue weighted by molar-refractivity contribution is -0.145. The Bertz CT molecular complexity index is 765. The molecular weight excluding hydrogens is 398 g/mol. The molecule has 0 unspecified atom stereocenters. The van der Waals surface area contributed by atoms with Crippen molar-refractivity contribution >= 4 is 35.2 Å². The highest BCUT2D eigenvalue weighted by Gasteiger charge is 2.22. The summed E-state index contributed by atoms with van der Waals surface area (Å²) in [5.41, 5.74) is 1.49. The molecule has 28 heavy (non-hydrogen) atoms. The fourth-order valence-electron chi connectivity index (χ4n) is 2.49. The normalized spacial score (nSPS) is 11.5. The second-order valence-corrected chi connectivity index (χ2v) is 7.50. The van der Waals surface area contributed by atoms with Crippen molar-refractivity contribution in [3.63, 3.8) is 0 Å². The summed E-state index contributed by atoms with van der Waals surface area (Å²) in [6.07, 6.45) is 3.05. The van der Waals surface area contributed by atoms with Gasteiger partial charge in [0.05, 0.1) is 13.7 Å². The number of nitrogens with one attached hydrogen (secondary N) is 1. The van der Waals surface area contributed by atoms with E-state index in [2.05, 4.69) is 5.32 Å². The SMILES string of the molecule is COc1ccc(CCOC(=O)[C@@H](CCSC)NC(=O)c2ccc(Cl)cc2)cc1. The summed E-state index contributed by atoms with van der Waals surface area (Å²) in [4.78, 5) is 24.9. The lowest BCUT2D eigenvalue weighted by Crippen LogP contribution is -2.42. The summed E-state index contributed by atoms with van der Waals surface area (Å²) in [6.45, 7) is 0.248. The van der Waals surface area contributed by atoms with Crippen molar-refractivity contribution in [2.45, 2.75) is 18.9 Å². The smallest absolute Gasteiger partial charge is 0.328 e. The van der Waals surface area contributed by atoms with Crippen LogP contribution in [0.4, 0.5) is 0 Å². The quantitative estimate of drug-likeness (QED) is 0.588. The zero-order chi connectivity index (χ0) is 20.4. The van der Waals surface area contributed by atoms with E-state index in [9.17, 15) is 9.59 Å². The number of benzene rings is 2. The molecule has 150 valence electrons. The van der Waals surface area contributed by atoms with E-state index in [1.54, 1.807) is 43.1 Å². The Morgan fingerprint density at radius 2 is 1.79 bits per heavy atom. The summed E-state index contributed by atoms with van der Waals surface area (Å²) >= 11 is 7.46. The van der Waals surface area contributed by atoms with Crippen LogP contribution in [0.15, 0.2) is 48.5 Å². The number of methoxy groups -OCH3 is 1. The van der Waals surface area contributed by atoms with Crippen LogP contribution < -0.4 is 10.1 Å². The van der Waals surface area contributed by atoms with Crippen molar-refractivity contribution in [3.05, 3.63) is 64.7 Å². The van der Waals surface area contributed by atoms with E-state index in [-0.39, 0.29) is 12.5 Å². The minimum Gasteiger partial charge on any atom is -0.497 e. The van der Waals surface area contributed by atoms with Crippen molar-refractivity contribution in [1.29, 1.82) is 0 Å². The molecule has 2 rings (SSSR count). The Morgan fingerprint density at radius 3 is 2.39 bits per heavy atom. The van der Waals surface area contributed by atoms with Crippen LogP contribution in [0.2, 0.25) is 5.02 Å². The first-order valence-corrected chi connectivity index (χ1v) is 10.7. The van der Waals surface area contributed by atoms with E-state index >= 15 is 0 Å². The summed E-state index contributed by atoms with van der Waals surface area (Å²) < 4.78 is 10.5. The van der Waals surface area contributed by atoms with Gasteiger partial charge >= 0.3 is 5.97 Å².